The zero-order valence-electron chi connectivity index (χ0n) is 15.6. The molecule has 6 nitrogen and oxygen atoms in total. The lowest BCUT2D eigenvalue weighted by atomic mass is 9.85. The van der Waals surface area contributed by atoms with Crippen LogP contribution in [-0.2, 0) is 17.6 Å². The smallest absolute Gasteiger partial charge is 0.226 e. The predicted octanol–water partition coefficient (Wildman–Crippen LogP) is 2.55. The maximum absolute atomic E-state index is 13.7. The molecule has 1 aliphatic carbocycles. The van der Waals surface area contributed by atoms with E-state index in [0.29, 0.717) is 19.5 Å². The highest BCUT2D eigenvalue weighted by Gasteiger charge is 2.32. The maximum atomic E-state index is 13.7. The van der Waals surface area contributed by atoms with Crippen molar-refractivity contribution in [3.05, 3.63) is 53.7 Å². The molecule has 3 heterocycles. The van der Waals surface area contributed by atoms with Crippen molar-refractivity contribution < 1.29 is 9.18 Å². The Morgan fingerprint density at radius 1 is 1.14 bits per heavy atom. The number of aromatic amines is 1. The van der Waals surface area contributed by atoms with Gasteiger partial charge in [0.2, 0.25) is 11.9 Å². The standard InChI is InChI=1S/C21H22FN5O/c22-15-3-5-19-17(13-15)16-12-14(2-4-18(16)25-19)20(28)26-8-10-27(11-9-26)21-23-6-1-7-24-21/h1,3,5-7,13-14,25H,2,4,8-12H2. The van der Waals surface area contributed by atoms with Crippen molar-refractivity contribution >= 4 is 22.8 Å². The van der Waals surface area contributed by atoms with Crippen LogP contribution in [0.25, 0.3) is 10.9 Å². The van der Waals surface area contributed by atoms with Crippen LogP contribution in [0.5, 0.6) is 0 Å². The fraction of sp³-hybridized carbons (Fsp3) is 0.381. The molecule has 28 heavy (non-hydrogen) atoms. The molecule has 1 fully saturated rings. The van der Waals surface area contributed by atoms with E-state index >= 15 is 0 Å². The summed E-state index contributed by atoms with van der Waals surface area (Å²) < 4.78 is 13.7. The highest BCUT2D eigenvalue weighted by atomic mass is 19.1. The van der Waals surface area contributed by atoms with Crippen LogP contribution < -0.4 is 4.90 Å². The quantitative estimate of drug-likeness (QED) is 0.743. The van der Waals surface area contributed by atoms with E-state index in [1.807, 2.05) is 4.90 Å². The second-order valence-corrected chi connectivity index (χ2v) is 7.57. The number of carbonyl (C=O) groups is 1. The predicted molar refractivity (Wildman–Crippen MR) is 105 cm³/mol. The van der Waals surface area contributed by atoms with Crippen LogP contribution in [0.3, 0.4) is 0 Å². The normalized spacial score (nSPS) is 19.7. The summed E-state index contributed by atoms with van der Waals surface area (Å²) in [7, 11) is 0. The first-order valence-electron chi connectivity index (χ1n) is 9.79. The Kier molecular flexibility index (Phi) is 4.22. The van der Waals surface area contributed by atoms with Crippen LogP contribution >= 0.6 is 0 Å². The van der Waals surface area contributed by atoms with Gasteiger partial charge in [0.1, 0.15) is 5.82 Å². The van der Waals surface area contributed by atoms with E-state index in [-0.39, 0.29) is 17.6 Å². The largest absolute Gasteiger partial charge is 0.358 e. The van der Waals surface area contributed by atoms with E-state index in [2.05, 4.69) is 19.9 Å². The van der Waals surface area contributed by atoms with Crippen molar-refractivity contribution in [2.45, 2.75) is 19.3 Å². The van der Waals surface area contributed by atoms with Gasteiger partial charge < -0.3 is 14.8 Å². The van der Waals surface area contributed by atoms with Crippen molar-refractivity contribution in [1.29, 1.82) is 0 Å². The maximum Gasteiger partial charge on any atom is 0.226 e. The zero-order valence-corrected chi connectivity index (χ0v) is 15.6. The molecule has 144 valence electrons. The van der Waals surface area contributed by atoms with Gasteiger partial charge in [-0.25, -0.2) is 14.4 Å². The summed E-state index contributed by atoms with van der Waals surface area (Å²) in [5, 5.41) is 0.915. The summed E-state index contributed by atoms with van der Waals surface area (Å²) in [5.74, 6) is 0.666. The number of anilines is 1. The van der Waals surface area contributed by atoms with Gasteiger partial charge in [-0.1, -0.05) is 0 Å². The molecule has 5 rings (SSSR count). The number of halogens is 1. The number of hydrogen-bond donors (Lipinski definition) is 1. The van der Waals surface area contributed by atoms with Crippen molar-refractivity contribution in [2.75, 3.05) is 31.1 Å². The first-order chi connectivity index (χ1) is 13.7. The molecule has 0 bridgehead atoms. The number of hydrogen-bond acceptors (Lipinski definition) is 4. The molecule has 1 atom stereocenters. The van der Waals surface area contributed by atoms with Gasteiger partial charge in [-0.3, -0.25) is 4.79 Å². The second kappa shape index (κ2) is 6.89. The number of benzene rings is 1. The lowest BCUT2D eigenvalue weighted by Crippen LogP contribution is -2.51. The lowest BCUT2D eigenvalue weighted by molar-refractivity contribution is -0.136. The summed E-state index contributed by atoms with van der Waals surface area (Å²) in [5.41, 5.74) is 3.21. The molecule has 2 aliphatic rings. The van der Waals surface area contributed by atoms with Crippen molar-refractivity contribution in [3.63, 3.8) is 0 Å². The Hall–Kier alpha value is -2.96. The fourth-order valence-electron chi connectivity index (χ4n) is 4.44. The van der Waals surface area contributed by atoms with Crippen LogP contribution in [0, 0.1) is 11.7 Å². The molecule has 1 saturated heterocycles. The van der Waals surface area contributed by atoms with Gasteiger partial charge in [-0.05, 0) is 49.1 Å². The van der Waals surface area contributed by atoms with Crippen LogP contribution in [0.1, 0.15) is 17.7 Å². The summed E-state index contributed by atoms with van der Waals surface area (Å²) in [4.78, 5) is 29.2. The summed E-state index contributed by atoms with van der Waals surface area (Å²) >= 11 is 0. The van der Waals surface area contributed by atoms with Gasteiger partial charge in [-0.15, -0.1) is 0 Å². The van der Waals surface area contributed by atoms with Crippen LogP contribution in [-0.4, -0.2) is 51.9 Å². The topological polar surface area (TPSA) is 65.1 Å². The molecular weight excluding hydrogens is 357 g/mol. The van der Waals surface area contributed by atoms with Crippen molar-refractivity contribution in [1.82, 2.24) is 19.9 Å². The Bertz CT molecular complexity index is 1010. The molecule has 1 unspecified atom stereocenters. The number of nitrogens with one attached hydrogen (secondary N) is 1. The van der Waals surface area contributed by atoms with E-state index in [0.717, 1.165) is 54.0 Å². The van der Waals surface area contributed by atoms with E-state index in [1.165, 1.54) is 6.07 Å². The average Bonchev–Trinajstić information content (AvgIpc) is 3.11. The minimum atomic E-state index is -0.234. The Balaban J connectivity index is 1.28. The fourth-order valence-corrected chi connectivity index (χ4v) is 4.44. The number of rotatable bonds is 2. The third-order valence-corrected chi connectivity index (χ3v) is 5.93. The highest BCUT2D eigenvalue weighted by Crippen LogP contribution is 2.33. The molecule has 0 spiro atoms. The molecule has 1 amide bonds. The molecule has 1 N–H and O–H groups in total. The Labute approximate surface area is 162 Å². The molecule has 2 aromatic heterocycles. The van der Waals surface area contributed by atoms with E-state index < -0.39 is 0 Å². The van der Waals surface area contributed by atoms with Gasteiger partial charge in [0.25, 0.3) is 0 Å². The molecule has 1 aliphatic heterocycles. The summed E-state index contributed by atoms with van der Waals surface area (Å²) in [6.07, 6.45) is 5.83. The first kappa shape index (κ1) is 17.2. The summed E-state index contributed by atoms with van der Waals surface area (Å²) in [6.45, 7) is 2.85. The third kappa shape index (κ3) is 3.00. The van der Waals surface area contributed by atoms with E-state index in [1.54, 1.807) is 30.6 Å². The van der Waals surface area contributed by atoms with Crippen LogP contribution in [0.2, 0.25) is 0 Å². The van der Waals surface area contributed by atoms with E-state index in [9.17, 15) is 9.18 Å². The SMILES string of the molecule is O=C(C1CCc2[nH]c3ccc(F)cc3c2C1)N1CCN(c2ncccn2)CC1. The number of amides is 1. The van der Waals surface area contributed by atoms with Crippen molar-refractivity contribution in [3.8, 4) is 0 Å². The highest BCUT2D eigenvalue weighted by molar-refractivity contribution is 5.87. The van der Waals surface area contributed by atoms with Gasteiger partial charge in [0.05, 0.1) is 0 Å². The zero-order chi connectivity index (χ0) is 19.1. The number of nitrogens with zero attached hydrogens (tertiary/aromatic N) is 4. The molecule has 1 aromatic carbocycles. The molecule has 7 heteroatoms. The number of piperazine rings is 1. The Morgan fingerprint density at radius 2 is 1.93 bits per heavy atom. The second-order valence-electron chi connectivity index (χ2n) is 7.57. The van der Waals surface area contributed by atoms with E-state index in [4.69, 9.17) is 0 Å². The number of fused-ring (bicyclic) bond motifs is 3. The summed E-state index contributed by atoms with van der Waals surface area (Å²) in [6, 6.07) is 6.64. The van der Waals surface area contributed by atoms with Gasteiger partial charge in [-0.2, -0.15) is 0 Å². The molecule has 0 radical (unpaired) electrons. The molecule has 0 saturated carbocycles. The van der Waals surface area contributed by atoms with Crippen LogP contribution in [0.15, 0.2) is 36.7 Å². The number of aryl methyl sites for hydroxylation is 1. The third-order valence-electron chi connectivity index (χ3n) is 5.93. The number of aromatic nitrogens is 3. The Morgan fingerprint density at radius 3 is 2.71 bits per heavy atom. The number of H-pyrrole nitrogens is 1. The van der Waals surface area contributed by atoms with Gasteiger partial charge in [0.15, 0.2) is 0 Å². The van der Waals surface area contributed by atoms with Crippen molar-refractivity contribution in [2.24, 2.45) is 5.92 Å². The van der Waals surface area contributed by atoms with Gasteiger partial charge >= 0.3 is 0 Å². The van der Waals surface area contributed by atoms with Gasteiger partial charge in [0, 0.05) is 61.1 Å². The first-order valence-corrected chi connectivity index (χ1v) is 9.79. The van der Waals surface area contributed by atoms with Crippen LogP contribution in [0.4, 0.5) is 10.3 Å². The minimum absolute atomic E-state index is 0.0331. The minimum Gasteiger partial charge on any atom is -0.358 e. The monoisotopic (exact) mass is 379 g/mol. The lowest BCUT2D eigenvalue weighted by Gasteiger charge is -2.37. The molecule has 3 aromatic rings. The number of carbonyl (C=O) groups excluding carboxylic acids is 1. The average molecular weight is 379 g/mol. The molecular formula is C21H22FN5O.